The van der Waals surface area contributed by atoms with Gasteiger partial charge in [0.05, 0.1) is 29.8 Å². The number of ether oxygens (including phenoxy) is 1. The lowest BCUT2D eigenvalue weighted by molar-refractivity contribution is 0.0969. The molecule has 1 aliphatic heterocycles. The fourth-order valence-corrected chi connectivity index (χ4v) is 5.44. The Morgan fingerprint density at radius 2 is 1.62 bits per heavy atom. The summed E-state index contributed by atoms with van der Waals surface area (Å²) in [6.45, 7) is 3.50. The fraction of sp³-hybridized carbons (Fsp3) is 0.0769. The Kier molecular flexibility index (Phi) is 6.34. The number of amides is 1. The Morgan fingerprint density at radius 3 is 2.32 bits per heavy atom. The van der Waals surface area contributed by atoms with Crippen molar-refractivity contribution in [2.45, 2.75) is 4.90 Å². The first-order valence-corrected chi connectivity index (χ1v) is 11.9. The topological polar surface area (TPSA) is 92.8 Å². The van der Waals surface area contributed by atoms with Gasteiger partial charge in [-0.25, -0.2) is 8.42 Å². The zero-order valence-corrected chi connectivity index (χ0v) is 19.2. The van der Waals surface area contributed by atoms with Gasteiger partial charge in [-0.05, 0) is 18.2 Å². The smallest absolute Gasteiger partial charge is 0.265 e. The predicted molar refractivity (Wildman–Crippen MR) is 129 cm³/mol. The zero-order valence-electron chi connectivity index (χ0n) is 18.4. The number of hydrogen-bond donors (Lipinski definition) is 1. The minimum atomic E-state index is -4.09. The number of benzene rings is 3. The van der Waals surface area contributed by atoms with Gasteiger partial charge < -0.3 is 10.1 Å². The van der Waals surface area contributed by atoms with Crippen LogP contribution in [0.5, 0.6) is 5.75 Å². The van der Waals surface area contributed by atoms with E-state index in [-0.39, 0.29) is 39.5 Å². The van der Waals surface area contributed by atoms with E-state index in [4.69, 9.17) is 4.74 Å². The molecular formula is C26H22N2O5S. The van der Waals surface area contributed by atoms with Crippen LogP contribution in [0.3, 0.4) is 0 Å². The van der Waals surface area contributed by atoms with E-state index >= 15 is 0 Å². The van der Waals surface area contributed by atoms with Gasteiger partial charge in [-0.15, -0.1) is 6.58 Å². The van der Waals surface area contributed by atoms with Crippen molar-refractivity contribution >= 4 is 27.4 Å². The number of rotatable bonds is 7. The molecule has 0 unspecified atom stereocenters. The third-order valence-electron chi connectivity index (χ3n) is 5.35. The molecule has 0 saturated carbocycles. The fourth-order valence-electron chi connectivity index (χ4n) is 3.79. The van der Waals surface area contributed by atoms with Gasteiger partial charge in [-0.2, -0.15) is 0 Å². The summed E-state index contributed by atoms with van der Waals surface area (Å²) in [4.78, 5) is 27.0. The maximum absolute atomic E-state index is 13.7. The second-order valence-corrected chi connectivity index (χ2v) is 9.22. The summed E-state index contributed by atoms with van der Waals surface area (Å²) in [7, 11) is -2.64. The van der Waals surface area contributed by atoms with Crippen LogP contribution >= 0.6 is 0 Å². The minimum Gasteiger partial charge on any atom is -0.496 e. The van der Waals surface area contributed by atoms with Crippen molar-refractivity contribution in [1.82, 2.24) is 9.62 Å². The summed E-state index contributed by atoms with van der Waals surface area (Å²) in [6.07, 6.45) is 1.39. The number of fused-ring (bicyclic) bond motifs is 1. The van der Waals surface area contributed by atoms with E-state index in [1.165, 1.54) is 19.3 Å². The Hall–Kier alpha value is -4.17. The number of nitrogens with one attached hydrogen (secondary N) is 1. The molecule has 0 saturated heterocycles. The van der Waals surface area contributed by atoms with Gasteiger partial charge in [-0.3, -0.25) is 13.9 Å². The van der Waals surface area contributed by atoms with Gasteiger partial charge in [-0.1, -0.05) is 66.7 Å². The van der Waals surface area contributed by atoms with E-state index in [0.29, 0.717) is 5.75 Å². The molecule has 4 rings (SSSR count). The second kappa shape index (κ2) is 9.36. The first kappa shape index (κ1) is 23.0. The molecule has 0 aromatic heterocycles. The lowest BCUT2D eigenvalue weighted by Crippen LogP contribution is -2.41. The number of Topliss-reactive ketones (excluding diaryl/α,β-unsaturated/α-hetero) is 1. The normalized spacial score (nSPS) is 14.2. The van der Waals surface area contributed by atoms with Crippen molar-refractivity contribution in [2.75, 3.05) is 13.7 Å². The van der Waals surface area contributed by atoms with E-state index in [1.807, 2.05) is 0 Å². The number of hydrogen-bond acceptors (Lipinski definition) is 5. The molecule has 7 nitrogen and oxygen atoms in total. The number of nitrogens with zero attached hydrogens (tertiary/aromatic N) is 1. The molecule has 1 N–H and O–H groups in total. The third-order valence-corrected chi connectivity index (χ3v) is 7.17. The molecule has 3 aromatic rings. The molecule has 0 radical (unpaired) electrons. The van der Waals surface area contributed by atoms with Crippen LogP contribution in [0, 0.1) is 0 Å². The zero-order chi connectivity index (χ0) is 24.3. The largest absolute Gasteiger partial charge is 0.496 e. The molecule has 0 bridgehead atoms. The molecule has 3 aromatic carbocycles. The number of allylic oxidation sites excluding steroid dienone is 1. The number of sulfonamides is 1. The molecule has 172 valence electrons. The second-order valence-electron chi connectivity index (χ2n) is 7.39. The average molecular weight is 475 g/mol. The molecule has 8 heteroatoms. The maximum atomic E-state index is 13.7. The number of ketones is 1. The van der Waals surface area contributed by atoms with Crippen molar-refractivity contribution in [1.29, 1.82) is 0 Å². The van der Waals surface area contributed by atoms with Crippen molar-refractivity contribution < 1.29 is 22.7 Å². The van der Waals surface area contributed by atoms with Crippen LogP contribution in [0.2, 0.25) is 0 Å². The van der Waals surface area contributed by atoms with E-state index in [1.54, 1.807) is 72.8 Å². The lowest BCUT2D eigenvalue weighted by atomic mass is 10.0. The maximum Gasteiger partial charge on any atom is 0.265 e. The van der Waals surface area contributed by atoms with Gasteiger partial charge in [0.15, 0.2) is 0 Å². The summed E-state index contributed by atoms with van der Waals surface area (Å²) in [5.74, 6) is -0.745. The third kappa shape index (κ3) is 3.99. The van der Waals surface area contributed by atoms with Crippen molar-refractivity contribution in [2.24, 2.45) is 0 Å². The molecule has 0 aliphatic carbocycles. The molecular weight excluding hydrogens is 452 g/mol. The number of para-hydroxylation sites is 1. The highest BCUT2D eigenvalue weighted by Crippen LogP contribution is 2.37. The molecule has 1 heterocycles. The van der Waals surface area contributed by atoms with Crippen LogP contribution in [-0.2, 0) is 10.0 Å². The lowest BCUT2D eigenvalue weighted by Gasteiger charge is -2.33. The van der Waals surface area contributed by atoms with Gasteiger partial charge in [0, 0.05) is 11.1 Å². The Labute approximate surface area is 198 Å². The minimum absolute atomic E-state index is 0.0169. The number of methoxy groups -OCH3 is 1. The van der Waals surface area contributed by atoms with Crippen molar-refractivity contribution in [3.8, 4) is 5.75 Å². The quantitative estimate of drug-likeness (QED) is 0.415. The van der Waals surface area contributed by atoms with Crippen molar-refractivity contribution in [3.63, 3.8) is 0 Å². The monoisotopic (exact) mass is 474 g/mol. The highest BCUT2D eigenvalue weighted by atomic mass is 32.2. The molecule has 34 heavy (non-hydrogen) atoms. The van der Waals surface area contributed by atoms with Crippen LogP contribution in [0.15, 0.2) is 102 Å². The summed E-state index contributed by atoms with van der Waals surface area (Å²) >= 11 is 0. The van der Waals surface area contributed by atoms with Crippen molar-refractivity contribution in [3.05, 3.63) is 114 Å². The van der Waals surface area contributed by atoms with Crippen LogP contribution in [-0.4, -0.2) is 38.1 Å². The van der Waals surface area contributed by atoms with Crippen LogP contribution in [0.25, 0.3) is 5.70 Å². The standard InChI is InChI=1S/C26H22N2O5S/c1-3-17-28-24(25(29)18-11-5-4-6-12-18)23(20-14-8-10-16-22(20)34(28,31)32)27-26(30)19-13-7-9-15-21(19)33-2/h3-16H,1,17H2,2H3,(H,27,30). The SMILES string of the molecule is C=CCN1C(C(=O)c2ccccc2)=C(NC(=O)c2ccccc2OC)c2ccccc2S1(=O)=O. The summed E-state index contributed by atoms with van der Waals surface area (Å²) in [5.41, 5.74) is 0.686. The summed E-state index contributed by atoms with van der Waals surface area (Å²) in [5, 5.41) is 2.79. The van der Waals surface area contributed by atoms with E-state index in [2.05, 4.69) is 11.9 Å². The Balaban J connectivity index is 1.97. The number of carbonyl (C=O) groups is 2. The first-order chi connectivity index (χ1) is 16.4. The highest BCUT2D eigenvalue weighted by Gasteiger charge is 2.40. The number of carbonyl (C=O) groups excluding carboxylic acids is 2. The Bertz CT molecular complexity index is 1410. The highest BCUT2D eigenvalue weighted by molar-refractivity contribution is 7.89. The Morgan fingerprint density at radius 1 is 0.971 bits per heavy atom. The molecule has 1 amide bonds. The molecule has 0 spiro atoms. The van der Waals surface area contributed by atoms with Crippen LogP contribution in [0.4, 0.5) is 0 Å². The molecule has 0 atom stereocenters. The van der Waals surface area contributed by atoms with Gasteiger partial charge >= 0.3 is 0 Å². The van der Waals surface area contributed by atoms with Gasteiger partial charge in [0.25, 0.3) is 15.9 Å². The van der Waals surface area contributed by atoms with E-state index in [0.717, 1.165) is 4.31 Å². The van der Waals surface area contributed by atoms with Crippen LogP contribution in [0.1, 0.15) is 26.3 Å². The first-order valence-electron chi connectivity index (χ1n) is 10.4. The summed E-state index contributed by atoms with van der Waals surface area (Å²) in [6, 6.07) is 21.2. The van der Waals surface area contributed by atoms with E-state index < -0.39 is 21.7 Å². The summed E-state index contributed by atoms with van der Waals surface area (Å²) < 4.78 is 33.3. The molecule has 0 fully saturated rings. The van der Waals surface area contributed by atoms with Crippen LogP contribution < -0.4 is 10.1 Å². The van der Waals surface area contributed by atoms with Gasteiger partial charge in [0.1, 0.15) is 11.4 Å². The molecule has 1 aliphatic rings. The van der Waals surface area contributed by atoms with Gasteiger partial charge in [0.2, 0.25) is 5.78 Å². The predicted octanol–water partition coefficient (Wildman–Crippen LogP) is 3.87. The van der Waals surface area contributed by atoms with E-state index in [9.17, 15) is 18.0 Å². The average Bonchev–Trinajstić information content (AvgIpc) is 2.87.